The molecule has 1 amide bonds. The zero-order chi connectivity index (χ0) is 15.2. The largest absolute Gasteiger partial charge is 0.480 e. The second-order valence-corrected chi connectivity index (χ2v) is 6.13. The standard InChI is InChI=1S/C18H27NO2/c1-4-16(18(20)19-15-8-6-5-7-9-15)21-17-12-13(2)10-11-14(17)3/h10-12,15-16H,4-9H2,1-3H3,(H,19,20)/t16-/m0/s1. The average molecular weight is 289 g/mol. The molecule has 0 aromatic heterocycles. The molecule has 0 radical (unpaired) electrons. The zero-order valence-electron chi connectivity index (χ0n) is 13.4. The summed E-state index contributed by atoms with van der Waals surface area (Å²) in [5, 5.41) is 3.16. The van der Waals surface area contributed by atoms with Crippen LogP contribution in [0.4, 0.5) is 0 Å². The van der Waals surface area contributed by atoms with E-state index in [2.05, 4.69) is 11.4 Å². The van der Waals surface area contributed by atoms with Crippen LogP contribution in [0.15, 0.2) is 18.2 Å². The Balaban J connectivity index is 1.98. The minimum atomic E-state index is -0.396. The fourth-order valence-corrected chi connectivity index (χ4v) is 2.85. The van der Waals surface area contributed by atoms with Gasteiger partial charge in [-0.1, -0.05) is 38.3 Å². The number of carbonyl (C=O) groups is 1. The predicted molar refractivity (Wildman–Crippen MR) is 85.6 cm³/mol. The van der Waals surface area contributed by atoms with Crippen molar-refractivity contribution in [1.82, 2.24) is 5.32 Å². The fraction of sp³-hybridized carbons (Fsp3) is 0.611. The van der Waals surface area contributed by atoms with Crippen molar-refractivity contribution in [2.24, 2.45) is 0 Å². The van der Waals surface area contributed by atoms with E-state index in [9.17, 15) is 4.79 Å². The Labute approximate surface area is 128 Å². The molecule has 0 aliphatic heterocycles. The molecule has 1 fully saturated rings. The van der Waals surface area contributed by atoms with Gasteiger partial charge in [-0.05, 0) is 50.3 Å². The predicted octanol–water partition coefficient (Wildman–Crippen LogP) is 3.91. The summed E-state index contributed by atoms with van der Waals surface area (Å²) >= 11 is 0. The van der Waals surface area contributed by atoms with Gasteiger partial charge in [0.2, 0.25) is 0 Å². The Morgan fingerprint density at radius 3 is 2.67 bits per heavy atom. The number of benzene rings is 1. The summed E-state index contributed by atoms with van der Waals surface area (Å²) in [7, 11) is 0. The molecule has 116 valence electrons. The summed E-state index contributed by atoms with van der Waals surface area (Å²) < 4.78 is 5.97. The molecule has 0 saturated heterocycles. The molecule has 0 spiro atoms. The second kappa shape index (κ2) is 7.48. The number of carbonyl (C=O) groups excluding carboxylic acids is 1. The second-order valence-electron chi connectivity index (χ2n) is 6.13. The van der Waals surface area contributed by atoms with Crippen molar-refractivity contribution >= 4 is 5.91 Å². The third-order valence-electron chi connectivity index (χ3n) is 4.23. The number of hydrogen-bond acceptors (Lipinski definition) is 2. The molecule has 1 N–H and O–H groups in total. The maximum Gasteiger partial charge on any atom is 0.261 e. The Hall–Kier alpha value is -1.51. The van der Waals surface area contributed by atoms with Crippen LogP contribution in [0.1, 0.15) is 56.6 Å². The molecular weight excluding hydrogens is 262 g/mol. The van der Waals surface area contributed by atoms with E-state index in [4.69, 9.17) is 4.74 Å². The minimum absolute atomic E-state index is 0.0327. The van der Waals surface area contributed by atoms with Gasteiger partial charge in [-0.15, -0.1) is 0 Å². The minimum Gasteiger partial charge on any atom is -0.480 e. The lowest BCUT2D eigenvalue weighted by Crippen LogP contribution is -2.44. The van der Waals surface area contributed by atoms with Crippen LogP contribution in [0.3, 0.4) is 0 Å². The van der Waals surface area contributed by atoms with Gasteiger partial charge in [-0.2, -0.15) is 0 Å². The lowest BCUT2D eigenvalue weighted by atomic mass is 9.95. The molecule has 1 aliphatic rings. The maximum absolute atomic E-state index is 12.4. The first-order valence-electron chi connectivity index (χ1n) is 8.14. The summed E-state index contributed by atoms with van der Waals surface area (Å²) in [6.07, 6.45) is 6.23. The van der Waals surface area contributed by atoms with Crippen molar-refractivity contribution in [1.29, 1.82) is 0 Å². The maximum atomic E-state index is 12.4. The number of amides is 1. The highest BCUT2D eigenvalue weighted by Gasteiger charge is 2.23. The highest BCUT2D eigenvalue weighted by molar-refractivity contribution is 5.81. The van der Waals surface area contributed by atoms with E-state index in [1.54, 1.807) is 0 Å². The van der Waals surface area contributed by atoms with E-state index >= 15 is 0 Å². The van der Waals surface area contributed by atoms with Crippen molar-refractivity contribution in [3.05, 3.63) is 29.3 Å². The first-order valence-corrected chi connectivity index (χ1v) is 8.14. The van der Waals surface area contributed by atoms with Gasteiger partial charge in [0.15, 0.2) is 6.10 Å². The van der Waals surface area contributed by atoms with E-state index in [1.807, 2.05) is 32.9 Å². The van der Waals surface area contributed by atoms with Gasteiger partial charge >= 0.3 is 0 Å². The van der Waals surface area contributed by atoms with Gasteiger partial charge < -0.3 is 10.1 Å². The van der Waals surface area contributed by atoms with Crippen LogP contribution in [-0.4, -0.2) is 18.1 Å². The Kier molecular flexibility index (Phi) is 5.66. The van der Waals surface area contributed by atoms with Crippen LogP contribution >= 0.6 is 0 Å². The fourth-order valence-electron chi connectivity index (χ4n) is 2.85. The molecule has 0 bridgehead atoms. The molecule has 3 heteroatoms. The third kappa shape index (κ3) is 4.48. The van der Waals surface area contributed by atoms with Crippen LogP contribution in [-0.2, 0) is 4.79 Å². The quantitative estimate of drug-likeness (QED) is 0.892. The molecule has 1 aromatic carbocycles. The molecule has 2 rings (SSSR count). The van der Waals surface area contributed by atoms with E-state index in [0.29, 0.717) is 12.5 Å². The number of ether oxygens (including phenoxy) is 1. The summed E-state index contributed by atoms with van der Waals surface area (Å²) in [5.74, 6) is 0.853. The van der Waals surface area contributed by atoms with Gasteiger partial charge in [0.05, 0.1) is 0 Å². The molecule has 3 nitrogen and oxygen atoms in total. The SMILES string of the molecule is CC[C@H](Oc1cc(C)ccc1C)C(=O)NC1CCCCC1. The van der Waals surface area contributed by atoms with Crippen LogP contribution in [0, 0.1) is 13.8 Å². The molecule has 1 saturated carbocycles. The molecule has 21 heavy (non-hydrogen) atoms. The van der Waals surface area contributed by atoms with Crippen LogP contribution in [0.2, 0.25) is 0 Å². The molecule has 0 unspecified atom stereocenters. The number of hydrogen-bond donors (Lipinski definition) is 1. The smallest absolute Gasteiger partial charge is 0.261 e. The third-order valence-corrected chi connectivity index (χ3v) is 4.23. The normalized spacial score (nSPS) is 17.3. The highest BCUT2D eigenvalue weighted by atomic mass is 16.5. The first kappa shape index (κ1) is 15.9. The number of rotatable bonds is 5. The molecule has 1 aromatic rings. The van der Waals surface area contributed by atoms with Gasteiger partial charge in [0.1, 0.15) is 5.75 Å². The van der Waals surface area contributed by atoms with Gasteiger partial charge in [0.25, 0.3) is 5.91 Å². The Morgan fingerprint density at radius 2 is 2.00 bits per heavy atom. The molecule has 0 heterocycles. The van der Waals surface area contributed by atoms with Crippen LogP contribution in [0.5, 0.6) is 5.75 Å². The summed E-state index contributed by atoms with van der Waals surface area (Å²) in [5.41, 5.74) is 2.22. The van der Waals surface area contributed by atoms with Gasteiger partial charge in [0, 0.05) is 6.04 Å². The van der Waals surface area contributed by atoms with Crippen molar-refractivity contribution in [3.63, 3.8) is 0 Å². The molecular formula is C18H27NO2. The monoisotopic (exact) mass is 289 g/mol. The zero-order valence-corrected chi connectivity index (χ0v) is 13.4. The first-order chi connectivity index (χ1) is 10.1. The lowest BCUT2D eigenvalue weighted by Gasteiger charge is -2.26. The lowest BCUT2D eigenvalue weighted by molar-refractivity contribution is -0.129. The van der Waals surface area contributed by atoms with Crippen LogP contribution in [0.25, 0.3) is 0 Å². The molecule has 1 atom stereocenters. The summed E-state index contributed by atoms with van der Waals surface area (Å²) in [6, 6.07) is 6.44. The molecule has 1 aliphatic carbocycles. The van der Waals surface area contributed by atoms with Gasteiger partial charge in [-0.3, -0.25) is 4.79 Å². The average Bonchev–Trinajstić information content (AvgIpc) is 2.49. The summed E-state index contributed by atoms with van der Waals surface area (Å²) in [6.45, 7) is 6.05. The van der Waals surface area contributed by atoms with Crippen LogP contribution < -0.4 is 10.1 Å². The van der Waals surface area contributed by atoms with E-state index in [1.165, 1.54) is 19.3 Å². The Morgan fingerprint density at radius 1 is 1.29 bits per heavy atom. The van der Waals surface area contributed by atoms with Gasteiger partial charge in [-0.25, -0.2) is 0 Å². The van der Waals surface area contributed by atoms with Crippen molar-refractivity contribution in [3.8, 4) is 5.75 Å². The van der Waals surface area contributed by atoms with Crippen molar-refractivity contribution in [2.45, 2.75) is 71.4 Å². The van der Waals surface area contributed by atoms with E-state index in [0.717, 1.165) is 29.7 Å². The summed E-state index contributed by atoms with van der Waals surface area (Å²) in [4.78, 5) is 12.4. The highest BCUT2D eigenvalue weighted by Crippen LogP contribution is 2.22. The van der Waals surface area contributed by atoms with E-state index in [-0.39, 0.29) is 5.91 Å². The number of aryl methyl sites for hydroxylation is 2. The topological polar surface area (TPSA) is 38.3 Å². The van der Waals surface area contributed by atoms with Crippen molar-refractivity contribution < 1.29 is 9.53 Å². The van der Waals surface area contributed by atoms with Crippen molar-refractivity contribution in [2.75, 3.05) is 0 Å². The van der Waals surface area contributed by atoms with E-state index < -0.39 is 6.10 Å². The number of nitrogens with one attached hydrogen (secondary N) is 1. The Bertz CT molecular complexity index is 478.